The van der Waals surface area contributed by atoms with E-state index in [1.807, 2.05) is 27.7 Å². The highest BCUT2D eigenvalue weighted by Gasteiger charge is 2.49. The van der Waals surface area contributed by atoms with Gasteiger partial charge in [-0.15, -0.1) is 0 Å². The van der Waals surface area contributed by atoms with Crippen LogP contribution >= 0.6 is 15.9 Å². The van der Waals surface area contributed by atoms with Gasteiger partial charge in [-0.05, 0) is 46.2 Å². The van der Waals surface area contributed by atoms with Gasteiger partial charge in [0, 0.05) is 16.0 Å². The highest BCUT2D eigenvalue weighted by molar-refractivity contribution is 9.10. The van der Waals surface area contributed by atoms with E-state index in [1.54, 1.807) is 12.1 Å². The van der Waals surface area contributed by atoms with Crippen LogP contribution in [0.1, 0.15) is 45.8 Å². The Labute approximate surface area is 122 Å². The number of aliphatic hydroxyl groups is 1. The highest BCUT2D eigenvalue weighted by Crippen LogP contribution is 2.48. The van der Waals surface area contributed by atoms with Gasteiger partial charge in [-0.1, -0.05) is 22.0 Å². The normalized spacial score (nSPS) is 26.4. The number of hydrogen-bond acceptors (Lipinski definition) is 2. The molecular weight excluding hydrogens is 311 g/mol. The molecule has 1 aliphatic rings. The summed E-state index contributed by atoms with van der Waals surface area (Å²) in [6.07, 6.45) is -0.186. The van der Waals surface area contributed by atoms with E-state index in [1.165, 1.54) is 6.07 Å². The molecule has 1 aliphatic heterocycles. The molecule has 106 valence electrons. The predicted molar refractivity (Wildman–Crippen MR) is 76.4 cm³/mol. The maximum Gasteiger partial charge on any atom is 0.130 e. The molecule has 0 saturated carbocycles. The van der Waals surface area contributed by atoms with Gasteiger partial charge in [0.15, 0.2) is 0 Å². The molecule has 0 radical (unpaired) electrons. The van der Waals surface area contributed by atoms with Gasteiger partial charge in [0.25, 0.3) is 0 Å². The lowest BCUT2D eigenvalue weighted by molar-refractivity contribution is -0.0883. The smallest absolute Gasteiger partial charge is 0.130 e. The lowest BCUT2D eigenvalue weighted by Gasteiger charge is -2.31. The van der Waals surface area contributed by atoms with Crippen molar-refractivity contribution in [3.05, 3.63) is 34.1 Å². The van der Waals surface area contributed by atoms with Crippen LogP contribution in [-0.2, 0) is 4.74 Å². The van der Waals surface area contributed by atoms with Crippen molar-refractivity contribution in [2.75, 3.05) is 0 Å². The Hall–Kier alpha value is -0.450. The molecule has 2 rings (SSSR count). The molecule has 0 spiro atoms. The molecular formula is C15H20BrFO2. The van der Waals surface area contributed by atoms with Gasteiger partial charge in [0.1, 0.15) is 5.82 Å². The van der Waals surface area contributed by atoms with Crippen molar-refractivity contribution in [2.45, 2.75) is 51.4 Å². The molecule has 2 nitrogen and oxygen atoms in total. The van der Waals surface area contributed by atoms with E-state index >= 15 is 0 Å². The van der Waals surface area contributed by atoms with E-state index in [4.69, 9.17) is 4.74 Å². The van der Waals surface area contributed by atoms with Crippen molar-refractivity contribution in [1.82, 2.24) is 0 Å². The lowest BCUT2D eigenvalue weighted by atomic mass is 9.80. The van der Waals surface area contributed by atoms with Gasteiger partial charge in [-0.3, -0.25) is 0 Å². The molecule has 4 heteroatoms. The molecule has 2 atom stereocenters. The number of hydrogen-bond donors (Lipinski definition) is 1. The van der Waals surface area contributed by atoms with Crippen molar-refractivity contribution >= 4 is 15.9 Å². The number of rotatable bonds is 2. The molecule has 2 unspecified atom stereocenters. The number of benzene rings is 1. The molecule has 1 saturated heterocycles. The fraction of sp³-hybridized carbons (Fsp3) is 0.600. The second kappa shape index (κ2) is 4.83. The first-order valence-electron chi connectivity index (χ1n) is 6.46. The third-order valence-corrected chi connectivity index (χ3v) is 4.51. The summed E-state index contributed by atoms with van der Waals surface area (Å²) in [6.45, 7) is 7.89. The van der Waals surface area contributed by atoms with Crippen LogP contribution in [0.3, 0.4) is 0 Å². The summed E-state index contributed by atoms with van der Waals surface area (Å²) in [5.41, 5.74) is -0.459. The molecule has 19 heavy (non-hydrogen) atoms. The molecule has 1 fully saturated rings. The van der Waals surface area contributed by atoms with Crippen LogP contribution in [0.5, 0.6) is 0 Å². The third-order valence-electron chi connectivity index (χ3n) is 3.82. The van der Waals surface area contributed by atoms with Gasteiger partial charge in [-0.25, -0.2) is 4.39 Å². The Morgan fingerprint density at radius 1 is 1.37 bits per heavy atom. The number of halogens is 2. The average molecular weight is 331 g/mol. The Morgan fingerprint density at radius 2 is 2.00 bits per heavy atom. The molecule has 1 heterocycles. The monoisotopic (exact) mass is 330 g/mol. The fourth-order valence-corrected chi connectivity index (χ4v) is 3.67. The average Bonchev–Trinajstić information content (AvgIpc) is 2.46. The minimum absolute atomic E-state index is 0.143. The first kappa shape index (κ1) is 14.9. The van der Waals surface area contributed by atoms with Gasteiger partial charge in [0.2, 0.25) is 0 Å². The minimum Gasteiger partial charge on any atom is -0.388 e. The van der Waals surface area contributed by atoms with Crippen molar-refractivity contribution in [3.63, 3.8) is 0 Å². The predicted octanol–water partition coefficient (Wildman–Crippen LogP) is 4.22. The summed E-state index contributed by atoms with van der Waals surface area (Å²) in [7, 11) is 0. The summed E-state index contributed by atoms with van der Waals surface area (Å²) in [4.78, 5) is 0. The Kier molecular flexibility index (Phi) is 3.80. The summed E-state index contributed by atoms with van der Waals surface area (Å²) in [5, 5.41) is 10.6. The summed E-state index contributed by atoms with van der Waals surface area (Å²) >= 11 is 3.32. The van der Waals surface area contributed by atoms with Crippen LogP contribution in [0.2, 0.25) is 0 Å². The van der Waals surface area contributed by atoms with Crippen LogP contribution < -0.4 is 0 Å². The molecule has 0 bridgehead atoms. The van der Waals surface area contributed by atoms with Crippen LogP contribution in [0.15, 0.2) is 22.7 Å². The van der Waals surface area contributed by atoms with E-state index in [2.05, 4.69) is 15.9 Å². The van der Waals surface area contributed by atoms with Crippen LogP contribution in [-0.4, -0.2) is 16.3 Å². The maximum absolute atomic E-state index is 14.0. The fourth-order valence-electron chi connectivity index (χ4n) is 3.09. The quantitative estimate of drug-likeness (QED) is 0.879. The highest BCUT2D eigenvalue weighted by atomic mass is 79.9. The second-order valence-electron chi connectivity index (χ2n) is 6.36. The zero-order valence-corrected chi connectivity index (χ0v) is 13.3. The van der Waals surface area contributed by atoms with Gasteiger partial charge in [0.05, 0.1) is 17.3 Å². The van der Waals surface area contributed by atoms with Gasteiger partial charge < -0.3 is 9.84 Å². The van der Waals surface area contributed by atoms with Crippen molar-refractivity contribution in [2.24, 2.45) is 5.92 Å². The van der Waals surface area contributed by atoms with Crippen molar-refractivity contribution in [3.8, 4) is 0 Å². The SMILES string of the molecule is CC1(C)CC(C(O)c2c(F)cccc2Br)C(C)(C)O1. The molecule has 1 aromatic carbocycles. The van der Waals surface area contributed by atoms with E-state index in [0.717, 1.165) is 0 Å². The lowest BCUT2D eigenvalue weighted by Crippen LogP contribution is -2.33. The van der Waals surface area contributed by atoms with Crippen molar-refractivity contribution < 1.29 is 14.2 Å². The summed E-state index contributed by atoms with van der Waals surface area (Å²) in [5.74, 6) is -0.530. The summed E-state index contributed by atoms with van der Waals surface area (Å²) in [6, 6.07) is 4.74. The second-order valence-corrected chi connectivity index (χ2v) is 7.21. The molecule has 1 N–H and O–H groups in total. The topological polar surface area (TPSA) is 29.5 Å². The molecule has 0 aliphatic carbocycles. The molecule has 0 amide bonds. The Balaban J connectivity index is 2.37. The van der Waals surface area contributed by atoms with E-state index < -0.39 is 11.7 Å². The largest absolute Gasteiger partial charge is 0.388 e. The summed E-state index contributed by atoms with van der Waals surface area (Å²) < 4.78 is 20.5. The molecule has 0 aromatic heterocycles. The maximum atomic E-state index is 14.0. The standard InChI is InChI=1S/C15H20BrFO2/c1-14(2)8-9(15(3,4)19-14)13(18)12-10(16)6-5-7-11(12)17/h5-7,9,13,18H,8H2,1-4H3. The third kappa shape index (κ3) is 2.86. The van der Waals surface area contributed by atoms with Crippen molar-refractivity contribution in [1.29, 1.82) is 0 Å². The number of ether oxygens (including phenoxy) is 1. The Morgan fingerprint density at radius 3 is 2.47 bits per heavy atom. The van der Waals surface area contributed by atoms with E-state index in [-0.39, 0.29) is 17.3 Å². The zero-order valence-electron chi connectivity index (χ0n) is 11.7. The van der Waals surface area contributed by atoms with E-state index in [9.17, 15) is 9.50 Å². The van der Waals surface area contributed by atoms with Gasteiger partial charge >= 0.3 is 0 Å². The van der Waals surface area contributed by atoms with Crippen LogP contribution in [0.25, 0.3) is 0 Å². The Bertz CT molecular complexity index is 465. The van der Waals surface area contributed by atoms with E-state index in [0.29, 0.717) is 16.5 Å². The zero-order chi connectivity index (χ0) is 14.4. The molecule has 1 aromatic rings. The minimum atomic E-state index is -0.882. The number of aliphatic hydroxyl groups excluding tert-OH is 1. The first-order chi connectivity index (χ1) is 8.64. The van der Waals surface area contributed by atoms with Gasteiger partial charge in [-0.2, -0.15) is 0 Å². The van der Waals surface area contributed by atoms with Crippen LogP contribution in [0, 0.1) is 11.7 Å². The first-order valence-corrected chi connectivity index (χ1v) is 7.25. The van der Waals surface area contributed by atoms with Crippen LogP contribution in [0.4, 0.5) is 4.39 Å².